The highest BCUT2D eigenvalue weighted by atomic mass is 32.1. The van der Waals surface area contributed by atoms with Crippen LogP contribution in [-0.4, -0.2) is 30.0 Å². The average Bonchev–Trinajstić information content (AvgIpc) is 2.94. The Labute approximate surface area is 101 Å². The van der Waals surface area contributed by atoms with Crippen molar-refractivity contribution in [1.82, 2.24) is 30.0 Å². The van der Waals surface area contributed by atoms with Gasteiger partial charge in [0.25, 0.3) is 0 Å². The molecule has 0 unspecified atom stereocenters. The van der Waals surface area contributed by atoms with Gasteiger partial charge in [0.1, 0.15) is 5.01 Å². The third-order valence-corrected chi connectivity index (χ3v) is 3.11. The second-order valence-electron chi connectivity index (χ2n) is 3.46. The minimum Gasteiger partial charge on any atom is -0.362 e. The summed E-state index contributed by atoms with van der Waals surface area (Å²) in [5, 5.41) is 15.5. The van der Waals surface area contributed by atoms with E-state index in [1.54, 1.807) is 28.2 Å². The number of aryl methyl sites for hydroxylation is 1. The minimum absolute atomic E-state index is 0.616. The predicted octanol–water partition coefficient (Wildman–Crippen LogP) is 0.896. The van der Waals surface area contributed by atoms with E-state index in [0.29, 0.717) is 12.2 Å². The van der Waals surface area contributed by atoms with Crippen molar-refractivity contribution in [2.45, 2.75) is 13.5 Å². The van der Waals surface area contributed by atoms with Crippen LogP contribution in [0.1, 0.15) is 9.88 Å². The maximum Gasteiger partial charge on any atom is 0.199 e. The Bertz CT molecular complexity index is 643. The van der Waals surface area contributed by atoms with Crippen molar-refractivity contribution >= 4 is 22.8 Å². The first-order valence-corrected chi connectivity index (χ1v) is 5.82. The normalized spacial score (nSPS) is 10.9. The van der Waals surface area contributed by atoms with Crippen LogP contribution in [-0.2, 0) is 6.54 Å². The zero-order valence-corrected chi connectivity index (χ0v) is 9.85. The molecule has 0 atom stereocenters. The molecule has 0 radical (unpaired) electrons. The highest BCUT2D eigenvalue weighted by Gasteiger charge is 2.04. The van der Waals surface area contributed by atoms with Crippen molar-refractivity contribution < 1.29 is 0 Å². The highest BCUT2D eigenvalue weighted by molar-refractivity contribution is 7.11. The van der Waals surface area contributed by atoms with Gasteiger partial charge in [0, 0.05) is 11.1 Å². The van der Waals surface area contributed by atoms with Gasteiger partial charge in [-0.05, 0) is 17.4 Å². The molecule has 3 rings (SSSR count). The molecule has 8 heteroatoms. The molecule has 3 aromatic heterocycles. The molecule has 0 amide bonds. The lowest BCUT2D eigenvalue weighted by Gasteiger charge is -2.03. The van der Waals surface area contributed by atoms with E-state index in [4.69, 9.17) is 0 Å². The van der Waals surface area contributed by atoms with Crippen molar-refractivity contribution in [2.24, 2.45) is 0 Å². The van der Waals surface area contributed by atoms with Gasteiger partial charge in [-0.15, -0.1) is 16.4 Å². The first-order chi connectivity index (χ1) is 8.33. The topological polar surface area (TPSA) is 80.9 Å². The number of anilines is 1. The molecule has 0 saturated heterocycles. The molecular weight excluding hydrogens is 238 g/mol. The number of hydrogen-bond donors (Lipinski definition) is 1. The van der Waals surface area contributed by atoms with Gasteiger partial charge in [0.05, 0.1) is 18.9 Å². The van der Waals surface area contributed by atoms with Gasteiger partial charge in [-0.1, -0.05) is 0 Å². The van der Waals surface area contributed by atoms with Gasteiger partial charge in [-0.25, -0.2) is 4.98 Å². The minimum atomic E-state index is 0.616. The van der Waals surface area contributed by atoms with Gasteiger partial charge in [0.15, 0.2) is 11.5 Å². The molecule has 1 N–H and O–H groups in total. The smallest absolute Gasteiger partial charge is 0.199 e. The summed E-state index contributed by atoms with van der Waals surface area (Å²) in [6.45, 7) is 2.67. The van der Waals surface area contributed by atoms with Gasteiger partial charge < -0.3 is 5.32 Å². The predicted molar refractivity (Wildman–Crippen MR) is 62.8 cm³/mol. The van der Waals surface area contributed by atoms with Crippen LogP contribution in [0.2, 0.25) is 0 Å². The SMILES string of the molecule is Cc1cnc(CNc2cncc3nnnn23)s1. The molecule has 0 aliphatic heterocycles. The van der Waals surface area contributed by atoms with E-state index in [9.17, 15) is 0 Å². The Balaban J connectivity index is 1.83. The third-order valence-electron chi connectivity index (χ3n) is 2.20. The van der Waals surface area contributed by atoms with Gasteiger partial charge in [0.2, 0.25) is 0 Å². The molecule has 17 heavy (non-hydrogen) atoms. The summed E-state index contributed by atoms with van der Waals surface area (Å²) in [5.41, 5.74) is 0.616. The van der Waals surface area contributed by atoms with E-state index in [2.05, 4.69) is 30.8 Å². The number of thiazole rings is 1. The number of aromatic nitrogens is 6. The fourth-order valence-electron chi connectivity index (χ4n) is 1.45. The zero-order chi connectivity index (χ0) is 11.7. The van der Waals surface area contributed by atoms with Crippen LogP contribution in [0.4, 0.5) is 5.82 Å². The number of fused-ring (bicyclic) bond motifs is 1. The Hall–Kier alpha value is -2.09. The number of tetrazole rings is 1. The summed E-state index contributed by atoms with van der Waals surface area (Å²) in [7, 11) is 0. The van der Waals surface area contributed by atoms with Crippen molar-refractivity contribution in [3.8, 4) is 0 Å². The largest absolute Gasteiger partial charge is 0.362 e. The molecule has 0 bridgehead atoms. The molecule has 0 saturated carbocycles. The quantitative estimate of drug-likeness (QED) is 0.740. The lowest BCUT2D eigenvalue weighted by atomic mass is 10.6. The molecule has 3 aromatic rings. The van der Waals surface area contributed by atoms with Crippen LogP contribution in [0.3, 0.4) is 0 Å². The monoisotopic (exact) mass is 247 g/mol. The van der Waals surface area contributed by atoms with Gasteiger partial charge >= 0.3 is 0 Å². The molecule has 3 heterocycles. The number of rotatable bonds is 3. The van der Waals surface area contributed by atoms with Crippen LogP contribution in [0.15, 0.2) is 18.6 Å². The lowest BCUT2D eigenvalue weighted by molar-refractivity contribution is 0.819. The summed E-state index contributed by atoms with van der Waals surface area (Å²) in [6, 6.07) is 0. The Kier molecular flexibility index (Phi) is 2.41. The van der Waals surface area contributed by atoms with E-state index < -0.39 is 0 Å². The standard InChI is InChI=1S/C9H9N7S/c1-6-2-12-9(17-6)5-11-7-3-10-4-8-13-14-15-16(7)8/h2-4,11H,5H2,1H3. The molecule has 0 aliphatic carbocycles. The van der Waals surface area contributed by atoms with Crippen LogP contribution < -0.4 is 5.32 Å². The van der Waals surface area contributed by atoms with Gasteiger partial charge in [-0.3, -0.25) is 4.98 Å². The van der Waals surface area contributed by atoms with E-state index in [0.717, 1.165) is 10.8 Å². The fourth-order valence-corrected chi connectivity index (χ4v) is 2.17. The second kappa shape index (κ2) is 4.06. The first kappa shape index (κ1) is 10.1. The van der Waals surface area contributed by atoms with Gasteiger partial charge in [-0.2, -0.15) is 4.52 Å². The Morgan fingerprint density at radius 1 is 1.35 bits per heavy atom. The Morgan fingerprint density at radius 2 is 2.29 bits per heavy atom. The number of nitrogens with zero attached hydrogens (tertiary/aromatic N) is 6. The third kappa shape index (κ3) is 1.94. The summed E-state index contributed by atoms with van der Waals surface area (Å²) < 4.78 is 1.60. The molecule has 0 aliphatic rings. The summed E-state index contributed by atoms with van der Waals surface area (Å²) in [6.07, 6.45) is 5.15. The van der Waals surface area contributed by atoms with Crippen molar-refractivity contribution in [3.63, 3.8) is 0 Å². The van der Waals surface area contributed by atoms with E-state index in [-0.39, 0.29) is 0 Å². The molecule has 86 valence electrons. The molecule has 7 nitrogen and oxygen atoms in total. The summed E-state index contributed by atoms with van der Waals surface area (Å²) in [4.78, 5) is 9.53. The fraction of sp³-hybridized carbons (Fsp3) is 0.222. The molecular formula is C9H9N7S. The van der Waals surface area contributed by atoms with Crippen molar-refractivity contribution in [2.75, 3.05) is 5.32 Å². The van der Waals surface area contributed by atoms with Crippen molar-refractivity contribution in [1.29, 1.82) is 0 Å². The molecule has 0 spiro atoms. The number of nitrogens with one attached hydrogen (secondary N) is 1. The summed E-state index contributed by atoms with van der Waals surface area (Å²) in [5.74, 6) is 0.750. The highest BCUT2D eigenvalue weighted by Crippen LogP contribution is 2.13. The maximum atomic E-state index is 4.27. The number of hydrogen-bond acceptors (Lipinski definition) is 7. The average molecular weight is 247 g/mol. The lowest BCUT2D eigenvalue weighted by Crippen LogP contribution is -2.05. The van der Waals surface area contributed by atoms with Crippen LogP contribution in [0.5, 0.6) is 0 Å². The van der Waals surface area contributed by atoms with Crippen LogP contribution >= 0.6 is 11.3 Å². The zero-order valence-electron chi connectivity index (χ0n) is 9.03. The van der Waals surface area contributed by atoms with E-state index in [1.807, 2.05) is 13.1 Å². The van der Waals surface area contributed by atoms with E-state index in [1.165, 1.54) is 4.88 Å². The van der Waals surface area contributed by atoms with Crippen molar-refractivity contribution in [3.05, 3.63) is 28.5 Å². The Morgan fingerprint density at radius 3 is 3.12 bits per heavy atom. The first-order valence-electron chi connectivity index (χ1n) is 5.00. The summed E-state index contributed by atoms with van der Waals surface area (Å²) >= 11 is 1.66. The van der Waals surface area contributed by atoms with E-state index >= 15 is 0 Å². The van der Waals surface area contributed by atoms with Crippen LogP contribution in [0, 0.1) is 6.92 Å². The maximum absolute atomic E-state index is 4.27. The molecule has 0 aromatic carbocycles. The van der Waals surface area contributed by atoms with Crippen LogP contribution in [0.25, 0.3) is 5.65 Å². The molecule has 0 fully saturated rings. The second-order valence-corrected chi connectivity index (χ2v) is 4.78.